The number of carbonyl (C=O) groups excluding carboxylic acids is 3. The van der Waals surface area contributed by atoms with Gasteiger partial charge in [0.2, 0.25) is 5.91 Å². The molecule has 1 heterocycles. The zero-order valence-corrected chi connectivity index (χ0v) is 18.5. The van der Waals surface area contributed by atoms with Crippen LogP contribution < -0.4 is 10.2 Å². The van der Waals surface area contributed by atoms with Gasteiger partial charge in [-0.25, -0.2) is 0 Å². The standard InChI is InChI=1S/C26H30N2O4/c1-18(19-9-3-2-4-10-19)27-24(29)17-32-26(31)22-13-7-6-12-21(22)25(30)28-16-15-20-11-5-8-14-23(20)28/h2-5,8-11,14,18,21-22H,6-7,12-13,15-17H2,1H3,(H,27,29). The highest BCUT2D eigenvalue weighted by molar-refractivity contribution is 5.99. The van der Waals surface area contributed by atoms with Gasteiger partial charge in [-0.15, -0.1) is 0 Å². The van der Waals surface area contributed by atoms with Crippen molar-refractivity contribution in [2.75, 3.05) is 18.1 Å². The molecule has 4 rings (SSSR count). The van der Waals surface area contributed by atoms with E-state index in [2.05, 4.69) is 5.32 Å². The molecule has 2 aromatic carbocycles. The fourth-order valence-corrected chi connectivity index (χ4v) is 4.83. The molecule has 1 N–H and O–H groups in total. The average molecular weight is 435 g/mol. The Bertz CT molecular complexity index is 975. The van der Waals surface area contributed by atoms with Gasteiger partial charge in [-0.2, -0.15) is 0 Å². The molecule has 6 heteroatoms. The molecule has 0 spiro atoms. The van der Waals surface area contributed by atoms with E-state index in [9.17, 15) is 14.4 Å². The Balaban J connectivity index is 1.35. The molecule has 3 atom stereocenters. The van der Waals surface area contributed by atoms with E-state index in [-0.39, 0.29) is 24.5 Å². The fraction of sp³-hybridized carbons (Fsp3) is 0.423. The predicted octanol–water partition coefficient (Wildman–Crippen LogP) is 3.80. The lowest BCUT2D eigenvalue weighted by molar-refractivity contribution is -0.157. The summed E-state index contributed by atoms with van der Waals surface area (Å²) in [6.45, 7) is 2.20. The lowest BCUT2D eigenvalue weighted by atomic mass is 9.78. The second-order valence-corrected chi connectivity index (χ2v) is 8.67. The van der Waals surface area contributed by atoms with Gasteiger partial charge in [0, 0.05) is 12.2 Å². The molecule has 2 aliphatic rings. The first kappa shape index (κ1) is 22.1. The van der Waals surface area contributed by atoms with Crippen molar-refractivity contribution in [2.45, 2.75) is 45.1 Å². The molecular formula is C26H30N2O4. The summed E-state index contributed by atoms with van der Waals surface area (Å²) in [5.41, 5.74) is 3.10. The summed E-state index contributed by atoms with van der Waals surface area (Å²) in [4.78, 5) is 40.3. The van der Waals surface area contributed by atoms with E-state index >= 15 is 0 Å². The Morgan fingerprint density at radius 1 is 1.00 bits per heavy atom. The molecule has 3 unspecified atom stereocenters. The van der Waals surface area contributed by atoms with Gasteiger partial charge in [0.15, 0.2) is 6.61 Å². The minimum Gasteiger partial charge on any atom is -0.455 e. The molecule has 2 aromatic rings. The summed E-state index contributed by atoms with van der Waals surface area (Å²) in [6.07, 6.45) is 3.94. The van der Waals surface area contributed by atoms with Crippen LogP contribution in [0.5, 0.6) is 0 Å². The van der Waals surface area contributed by atoms with Crippen LogP contribution in [0.4, 0.5) is 5.69 Å². The highest BCUT2D eigenvalue weighted by Gasteiger charge is 2.40. The number of carbonyl (C=O) groups is 3. The molecule has 32 heavy (non-hydrogen) atoms. The van der Waals surface area contributed by atoms with Crippen molar-refractivity contribution in [1.82, 2.24) is 5.32 Å². The Hall–Kier alpha value is -3.15. The number of anilines is 1. The number of hydrogen-bond acceptors (Lipinski definition) is 4. The minimum atomic E-state index is -0.497. The van der Waals surface area contributed by atoms with Gasteiger partial charge in [-0.3, -0.25) is 14.4 Å². The van der Waals surface area contributed by atoms with E-state index < -0.39 is 17.8 Å². The lowest BCUT2D eigenvalue weighted by Crippen LogP contribution is -2.43. The first-order valence-corrected chi connectivity index (χ1v) is 11.4. The van der Waals surface area contributed by atoms with Crippen molar-refractivity contribution in [3.05, 3.63) is 65.7 Å². The number of esters is 1. The zero-order valence-electron chi connectivity index (χ0n) is 18.5. The number of benzene rings is 2. The molecule has 0 bridgehead atoms. The molecule has 1 aliphatic carbocycles. The zero-order chi connectivity index (χ0) is 22.5. The molecule has 168 valence electrons. The number of amides is 2. The Kier molecular flexibility index (Phi) is 6.88. The Morgan fingerprint density at radius 2 is 1.69 bits per heavy atom. The summed E-state index contributed by atoms with van der Waals surface area (Å²) in [5, 5.41) is 2.85. The van der Waals surface area contributed by atoms with Gasteiger partial charge in [0.25, 0.3) is 5.91 Å². The third-order valence-electron chi connectivity index (χ3n) is 6.56. The van der Waals surface area contributed by atoms with Crippen LogP contribution in [0.3, 0.4) is 0 Å². The summed E-state index contributed by atoms with van der Waals surface area (Å²) < 4.78 is 5.37. The van der Waals surface area contributed by atoms with Crippen LogP contribution >= 0.6 is 0 Å². The van der Waals surface area contributed by atoms with Crippen molar-refractivity contribution >= 4 is 23.5 Å². The van der Waals surface area contributed by atoms with Gasteiger partial charge in [0.1, 0.15) is 0 Å². The van der Waals surface area contributed by atoms with Crippen LogP contribution in [0.1, 0.15) is 49.8 Å². The number of nitrogens with zero attached hydrogens (tertiary/aromatic N) is 1. The number of ether oxygens (including phenoxy) is 1. The summed E-state index contributed by atoms with van der Waals surface area (Å²) in [6, 6.07) is 17.4. The Morgan fingerprint density at radius 3 is 2.47 bits per heavy atom. The molecule has 0 radical (unpaired) electrons. The van der Waals surface area contributed by atoms with E-state index in [0.717, 1.165) is 30.5 Å². The molecule has 1 saturated carbocycles. The maximum Gasteiger partial charge on any atom is 0.310 e. The number of nitrogens with one attached hydrogen (secondary N) is 1. The van der Waals surface area contributed by atoms with Crippen LogP contribution in [0.25, 0.3) is 0 Å². The minimum absolute atomic E-state index is 0.00116. The van der Waals surface area contributed by atoms with Crippen molar-refractivity contribution in [3.63, 3.8) is 0 Å². The largest absolute Gasteiger partial charge is 0.455 e. The molecule has 1 aliphatic heterocycles. The summed E-state index contributed by atoms with van der Waals surface area (Å²) in [7, 11) is 0. The second-order valence-electron chi connectivity index (χ2n) is 8.67. The van der Waals surface area contributed by atoms with E-state index in [1.807, 2.05) is 66.4 Å². The smallest absolute Gasteiger partial charge is 0.310 e. The van der Waals surface area contributed by atoms with Gasteiger partial charge in [-0.1, -0.05) is 61.4 Å². The average Bonchev–Trinajstić information content (AvgIpc) is 3.27. The number of hydrogen-bond donors (Lipinski definition) is 1. The SMILES string of the molecule is CC(NC(=O)COC(=O)C1CCCCC1C(=O)N1CCc2ccccc21)c1ccccc1. The maximum atomic E-state index is 13.4. The highest BCUT2D eigenvalue weighted by Crippen LogP contribution is 2.36. The molecular weight excluding hydrogens is 404 g/mol. The first-order chi connectivity index (χ1) is 15.5. The van der Waals surface area contributed by atoms with Crippen LogP contribution in [0, 0.1) is 11.8 Å². The van der Waals surface area contributed by atoms with Gasteiger partial charge < -0.3 is 15.0 Å². The molecule has 0 saturated heterocycles. The van der Waals surface area contributed by atoms with Crippen LogP contribution in [-0.4, -0.2) is 30.9 Å². The van der Waals surface area contributed by atoms with Gasteiger partial charge in [0.05, 0.1) is 17.9 Å². The molecule has 1 fully saturated rings. The first-order valence-electron chi connectivity index (χ1n) is 11.4. The molecule has 0 aromatic heterocycles. The van der Waals surface area contributed by atoms with E-state index in [1.165, 1.54) is 5.56 Å². The number of rotatable bonds is 6. The quantitative estimate of drug-likeness (QED) is 0.702. The lowest BCUT2D eigenvalue weighted by Gasteiger charge is -2.32. The topological polar surface area (TPSA) is 75.7 Å². The van der Waals surface area contributed by atoms with E-state index in [1.54, 1.807) is 0 Å². The van der Waals surface area contributed by atoms with Gasteiger partial charge in [-0.05, 0) is 43.4 Å². The van der Waals surface area contributed by atoms with E-state index in [0.29, 0.717) is 19.4 Å². The Labute approximate surface area is 188 Å². The predicted molar refractivity (Wildman–Crippen MR) is 122 cm³/mol. The maximum absolute atomic E-state index is 13.4. The fourth-order valence-electron chi connectivity index (χ4n) is 4.83. The van der Waals surface area contributed by atoms with E-state index in [4.69, 9.17) is 4.74 Å². The molecule has 6 nitrogen and oxygen atoms in total. The van der Waals surface area contributed by atoms with Crippen molar-refractivity contribution in [3.8, 4) is 0 Å². The monoisotopic (exact) mass is 434 g/mol. The van der Waals surface area contributed by atoms with Crippen molar-refractivity contribution < 1.29 is 19.1 Å². The third kappa shape index (κ3) is 4.85. The normalized spacial score (nSPS) is 20.8. The van der Waals surface area contributed by atoms with Gasteiger partial charge >= 0.3 is 5.97 Å². The third-order valence-corrected chi connectivity index (χ3v) is 6.56. The van der Waals surface area contributed by atoms with Crippen molar-refractivity contribution in [1.29, 1.82) is 0 Å². The second kappa shape index (κ2) is 9.98. The van der Waals surface area contributed by atoms with Crippen LogP contribution in [-0.2, 0) is 25.5 Å². The van der Waals surface area contributed by atoms with Crippen LogP contribution in [0.15, 0.2) is 54.6 Å². The number of para-hydroxylation sites is 1. The van der Waals surface area contributed by atoms with Crippen molar-refractivity contribution in [2.24, 2.45) is 11.8 Å². The highest BCUT2D eigenvalue weighted by atomic mass is 16.5. The molecule has 2 amide bonds. The summed E-state index contributed by atoms with van der Waals surface area (Å²) in [5.74, 6) is -1.68. The van der Waals surface area contributed by atoms with Crippen LogP contribution in [0.2, 0.25) is 0 Å². The number of fused-ring (bicyclic) bond motifs is 1. The summed E-state index contributed by atoms with van der Waals surface area (Å²) >= 11 is 0.